The van der Waals surface area contributed by atoms with Gasteiger partial charge in [0.15, 0.2) is 0 Å². The topological polar surface area (TPSA) is 24.7 Å². The maximum atomic E-state index is 12.7. The Morgan fingerprint density at radius 3 is 1.25 bits per heavy atom. The molecular formula is C14H6Cl2F6N2. The molecule has 2 nitrogen and oxygen atoms in total. The molecule has 10 heteroatoms. The highest BCUT2D eigenvalue weighted by atomic mass is 35.5. The number of halogens is 8. The Morgan fingerprint density at radius 1 is 0.625 bits per heavy atom. The molecule has 0 unspecified atom stereocenters. The third-order valence-corrected chi connectivity index (χ3v) is 3.45. The van der Waals surface area contributed by atoms with Gasteiger partial charge in [0.1, 0.15) is 0 Å². The van der Waals surface area contributed by atoms with E-state index < -0.39 is 33.5 Å². The van der Waals surface area contributed by atoms with E-state index in [0.717, 1.165) is 24.3 Å². The van der Waals surface area contributed by atoms with Crippen molar-refractivity contribution in [1.82, 2.24) is 0 Å². The van der Waals surface area contributed by atoms with Crippen LogP contribution in [0.25, 0.3) is 0 Å². The van der Waals surface area contributed by atoms with E-state index in [2.05, 4.69) is 10.2 Å². The van der Waals surface area contributed by atoms with E-state index in [0.29, 0.717) is 12.1 Å². The Bertz CT molecular complexity index is 718. The number of rotatable bonds is 2. The van der Waals surface area contributed by atoms with Gasteiger partial charge >= 0.3 is 12.4 Å². The van der Waals surface area contributed by atoms with Gasteiger partial charge in [-0.3, -0.25) is 0 Å². The van der Waals surface area contributed by atoms with Crippen molar-refractivity contribution in [2.75, 3.05) is 0 Å². The van der Waals surface area contributed by atoms with Gasteiger partial charge in [-0.2, -0.15) is 36.6 Å². The summed E-state index contributed by atoms with van der Waals surface area (Å²) in [6, 6.07) is 5.55. The predicted octanol–water partition coefficient (Wildman–Crippen LogP) is 7.45. The fourth-order valence-corrected chi connectivity index (χ4v) is 2.15. The Labute approximate surface area is 141 Å². The van der Waals surface area contributed by atoms with E-state index in [9.17, 15) is 26.3 Å². The Kier molecular flexibility index (Phi) is 5.10. The first kappa shape index (κ1) is 18.5. The van der Waals surface area contributed by atoms with Crippen LogP contribution < -0.4 is 0 Å². The lowest BCUT2D eigenvalue weighted by Gasteiger charge is -2.09. The predicted molar refractivity (Wildman–Crippen MR) is 77.1 cm³/mol. The average molecular weight is 387 g/mol. The van der Waals surface area contributed by atoms with Crippen molar-refractivity contribution < 1.29 is 26.3 Å². The first-order chi connectivity index (χ1) is 11.0. The molecule has 128 valence electrons. The maximum Gasteiger partial charge on any atom is 0.417 e. The van der Waals surface area contributed by atoms with Gasteiger partial charge in [-0.05, 0) is 36.4 Å². The zero-order chi connectivity index (χ0) is 18.1. The average Bonchev–Trinajstić information content (AvgIpc) is 2.45. The van der Waals surface area contributed by atoms with Gasteiger partial charge in [-0.1, -0.05) is 23.2 Å². The minimum Gasteiger partial charge on any atom is -0.166 e. The van der Waals surface area contributed by atoms with Gasteiger partial charge in [0.25, 0.3) is 0 Å². The molecule has 2 aromatic carbocycles. The van der Waals surface area contributed by atoms with Crippen molar-refractivity contribution in [1.29, 1.82) is 0 Å². The summed E-state index contributed by atoms with van der Waals surface area (Å²) in [5.74, 6) is 0. The largest absolute Gasteiger partial charge is 0.417 e. The second-order valence-electron chi connectivity index (χ2n) is 4.52. The minimum atomic E-state index is -4.69. The Morgan fingerprint density at radius 2 is 0.958 bits per heavy atom. The van der Waals surface area contributed by atoms with Crippen molar-refractivity contribution in [3.63, 3.8) is 0 Å². The fourth-order valence-electron chi connectivity index (χ4n) is 1.70. The van der Waals surface area contributed by atoms with E-state index in [4.69, 9.17) is 23.2 Å². The molecule has 0 N–H and O–H groups in total. The second-order valence-corrected chi connectivity index (χ2v) is 5.34. The summed E-state index contributed by atoms with van der Waals surface area (Å²) in [6.07, 6.45) is -9.38. The zero-order valence-corrected chi connectivity index (χ0v) is 12.9. The molecule has 0 aromatic heterocycles. The summed E-state index contributed by atoms with van der Waals surface area (Å²) in [5, 5.41) is 5.96. The zero-order valence-electron chi connectivity index (χ0n) is 11.4. The first-order valence-corrected chi connectivity index (χ1v) is 6.89. The van der Waals surface area contributed by atoms with Crippen molar-refractivity contribution in [3.05, 3.63) is 57.6 Å². The van der Waals surface area contributed by atoms with Crippen LogP contribution in [-0.4, -0.2) is 0 Å². The smallest absolute Gasteiger partial charge is 0.166 e. The Balaban J connectivity index is 2.36. The summed E-state index contributed by atoms with van der Waals surface area (Å²) >= 11 is 10.9. The molecule has 0 atom stereocenters. The van der Waals surface area contributed by atoms with Crippen molar-refractivity contribution in [2.24, 2.45) is 10.2 Å². The molecule has 0 saturated carbocycles. The summed E-state index contributed by atoms with van der Waals surface area (Å²) in [6.45, 7) is 0. The van der Waals surface area contributed by atoms with E-state index in [1.54, 1.807) is 0 Å². The molecule has 0 heterocycles. The SMILES string of the molecule is FC(F)(F)c1cc(N=Nc2ccc(Cl)c(C(F)(F)F)c2)ccc1Cl. The van der Waals surface area contributed by atoms with Gasteiger partial charge in [-0.15, -0.1) is 0 Å². The number of alkyl halides is 6. The lowest BCUT2D eigenvalue weighted by atomic mass is 10.2. The van der Waals surface area contributed by atoms with Crippen LogP contribution in [0.3, 0.4) is 0 Å². The number of benzene rings is 2. The lowest BCUT2D eigenvalue weighted by molar-refractivity contribution is -0.138. The van der Waals surface area contributed by atoms with Crippen molar-refractivity contribution >= 4 is 34.6 Å². The van der Waals surface area contributed by atoms with Gasteiger partial charge < -0.3 is 0 Å². The molecule has 2 aromatic rings. The molecule has 2 rings (SSSR count). The summed E-state index contributed by atoms with van der Waals surface area (Å²) < 4.78 is 76.3. The van der Waals surface area contributed by atoms with E-state index in [-0.39, 0.29) is 11.4 Å². The molecule has 0 spiro atoms. The third kappa shape index (κ3) is 4.39. The molecule has 0 aliphatic carbocycles. The molecular weight excluding hydrogens is 381 g/mol. The highest BCUT2D eigenvalue weighted by Gasteiger charge is 2.34. The van der Waals surface area contributed by atoms with Crippen LogP contribution in [0.15, 0.2) is 46.6 Å². The van der Waals surface area contributed by atoms with Gasteiger partial charge in [0.05, 0.1) is 32.5 Å². The lowest BCUT2D eigenvalue weighted by Crippen LogP contribution is -2.05. The molecule has 0 saturated heterocycles. The normalized spacial score (nSPS) is 12.8. The second kappa shape index (κ2) is 6.60. The number of hydrogen-bond acceptors (Lipinski definition) is 2. The van der Waals surface area contributed by atoms with Crippen LogP contribution in [-0.2, 0) is 12.4 Å². The maximum absolute atomic E-state index is 12.7. The summed E-state index contributed by atoms with van der Waals surface area (Å²) in [7, 11) is 0. The van der Waals surface area contributed by atoms with Gasteiger partial charge in [0.2, 0.25) is 0 Å². The fraction of sp³-hybridized carbons (Fsp3) is 0.143. The standard InChI is InChI=1S/C14H6Cl2F6N2/c15-11-3-1-7(5-9(11)13(17,18)19)23-24-8-2-4-12(16)10(6-8)14(20,21)22/h1-6H. The van der Waals surface area contributed by atoms with Crippen LogP contribution in [0, 0.1) is 0 Å². The van der Waals surface area contributed by atoms with Crippen molar-refractivity contribution in [3.8, 4) is 0 Å². The summed E-state index contributed by atoms with van der Waals surface area (Å²) in [5.41, 5.74) is -2.66. The van der Waals surface area contributed by atoms with Gasteiger partial charge in [-0.25, -0.2) is 0 Å². The van der Waals surface area contributed by atoms with E-state index in [1.165, 1.54) is 0 Å². The Hall–Kier alpha value is -1.80. The monoisotopic (exact) mass is 386 g/mol. The van der Waals surface area contributed by atoms with Crippen LogP contribution >= 0.6 is 23.2 Å². The molecule has 0 amide bonds. The number of hydrogen-bond donors (Lipinski definition) is 0. The quantitative estimate of drug-likeness (QED) is 0.378. The third-order valence-electron chi connectivity index (χ3n) is 2.79. The van der Waals surface area contributed by atoms with E-state index >= 15 is 0 Å². The number of nitrogens with zero attached hydrogens (tertiary/aromatic N) is 2. The first-order valence-electron chi connectivity index (χ1n) is 6.14. The molecule has 24 heavy (non-hydrogen) atoms. The molecule has 0 aliphatic heterocycles. The highest BCUT2D eigenvalue weighted by Crippen LogP contribution is 2.38. The molecule has 0 radical (unpaired) electrons. The van der Waals surface area contributed by atoms with Crippen LogP contribution in [0.4, 0.5) is 37.7 Å². The molecule has 0 bridgehead atoms. The van der Waals surface area contributed by atoms with Crippen molar-refractivity contribution in [2.45, 2.75) is 12.4 Å². The highest BCUT2D eigenvalue weighted by molar-refractivity contribution is 6.31. The van der Waals surface area contributed by atoms with Crippen LogP contribution in [0.1, 0.15) is 11.1 Å². The molecule has 0 fully saturated rings. The van der Waals surface area contributed by atoms with E-state index in [1.807, 2.05) is 0 Å². The van der Waals surface area contributed by atoms with Crippen LogP contribution in [0.2, 0.25) is 10.0 Å². The van der Waals surface area contributed by atoms with Crippen LogP contribution in [0.5, 0.6) is 0 Å². The summed E-state index contributed by atoms with van der Waals surface area (Å²) in [4.78, 5) is 0. The van der Waals surface area contributed by atoms with Gasteiger partial charge in [0, 0.05) is 0 Å². The number of azo groups is 1. The minimum absolute atomic E-state index is 0.213. The molecule has 0 aliphatic rings.